The highest BCUT2D eigenvalue weighted by molar-refractivity contribution is 6.13. The molecule has 0 aliphatic carbocycles. The van der Waals surface area contributed by atoms with Gasteiger partial charge in [-0.2, -0.15) is 18.3 Å². The first-order valence-corrected chi connectivity index (χ1v) is 12.7. The van der Waals surface area contributed by atoms with E-state index in [0.29, 0.717) is 47.5 Å². The Morgan fingerprint density at radius 1 is 1.05 bits per heavy atom. The fourth-order valence-electron chi connectivity index (χ4n) is 5.58. The van der Waals surface area contributed by atoms with Crippen molar-refractivity contribution in [3.8, 4) is 16.9 Å². The van der Waals surface area contributed by atoms with Gasteiger partial charge in [-0.15, -0.1) is 0 Å². The number of benzene rings is 2. The molecule has 4 heterocycles. The number of carbonyl (C=O) groups is 1. The average molecular weight is 549 g/mol. The lowest BCUT2D eigenvalue weighted by Gasteiger charge is -2.30. The molecular formula is C29H27F3N6O2. The fraction of sp³-hybridized carbons (Fsp3) is 0.276. The predicted molar refractivity (Wildman–Crippen MR) is 145 cm³/mol. The first-order valence-electron chi connectivity index (χ1n) is 12.7. The number of imidazole rings is 1. The second-order valence-electron chi connectivity index (χ2n) is 10.0. The largest absolute Gasteiger partial charge is 0.497 e. The van der Waals surface area contributed by atoms with Crippen LogP contribution >= 0.6 is 0 Å². The lowest BCUT2D eigenvalue weighted by atomic mass is 9.88. The molecule has 5 aromatic rings. The molecule has 40 heavy (non-hydrogen) atoms. The molecule has 0 unspecified atom stereocenters. The van der Waals surface area contributed by atoms with Gasteiger partial charge in [-0.25, -0.2) is 4.98 Å². The van der Waals surface area contributed by atoms with Gasteiger partial charge >= 0.3 is 6.18 Å². The quantitative estimate of drug-likeness (QED) is 0.297. The zero-order valence-electron chi connectivity index (χ0n) is 22.5. The molecule has 6 rings (SSSR count). The molecule has 1 aliphatic heterocycles. The first-order chi connectivity index (χ1) is 19.0. The number of hydrogen-bond acceptors (Lipinski definition) is 4. The summed E-state index contributed by atoms with van der Waals surface area (Å²) < 4.78 is 52.5. The first kappa shape index (κ1) is 25.7. The Kier molecular flexibility index (Phi) is 5.97. The Labute approximate surface area is 228 Å². The van der Waals surface area contributed by atoms with E-state index in [1.165, 1.54) is 13.2 Å². The number of nitrogens with zero attached hydrogens (tertiary/aromatic N) is 6. The summed E-state index contributed by atoms with van der Waals surface area (Å²) in [6.07, 6.45) is 2.48. The number of methoxy groups -OCH3 is 1. The van der Waals surface area contributed by atoms with E-state index in [0.717, 1.165) is 27.1 Å². The molecule has 206 valence electrons. The summed E-state index contributed by atoms with van der Waals surface area (Å²) in [7, 11) is 4.96. The summed E-state index contributed by atoms with van der Waals surface area (Å²) in [4.78, 5) is 20.1. The highest BCUT2D eigenvalue weighted by atomic mass is 19.4. The zero-order valence-corrected chi connectivity index (χ0v) is 22.5. The molecular weight excluding hydrogens is 521 g/mol. The highest BCUT2D eigenvalue weighted by Gasteiger charge is 2.39. The number of carbonyl (C=O) groups excluding carboxylic acids is 1. The number of aryl methyl sites for hydroxylation is 3. The van der Waals surface area contributed by atoms with Crippen molar-refractivity contribution in [2.75, 3.05) is 18.6 Å². The van der Waals surface area contributed by atoms with Gasteiger partial charge in [-0.3, -0.25) is 9.48 Å². The lowest BCUT2D eigenvalue weighted by Crippen LogP contribution is -2.38. The van der Waals surface area contributed by atoms with Crippen molar-refractivity contribution < 1.29 is 22.7 Å². The van der Waals surface area contributed by atoms with Gasteiger partial charge in [-0.05, 0) is 60.4 Å². The van der Waals surface area contributed by atoms with Crippen LogP contribution in [0.5, 0.6) is 5.75 Å². The third-order valence-electron chi connectivity index (χ3n) is 7.50. The number of anilines is 1. The van der Waals surface area contributed by atoms with Crippen molar-refractivity contribution in [3.63, 3.8) is 0 Å². The van der Waals surface area contributed by atoms with Crippen LogP contribution in [0.2, 0.25) is 0 Å². The van der Waals surface area contributed by atoms with Gasteiger partial charge in [-0.1, -0.05) is 0 Å². The van der Waals surface area contributed by atoms with Crippen LogP contribution in [0.15, 0.2) is 55.1 Å². The van der Waals surface area contributed by atoms with Gasteiger partial charge in [0.1, 0.15) is 11.6 Å². The molecule has 1 aliphatic rings. The second-order valence-corrected chi connectivity index (χ2v) is 10.0. The van der Waals surface area contributed by atoms with Crippen molar-refractivity contribution in [3.05, 3.63) is 83.3 Å². The monoisotopic (exact) mass is 548 g/mol. The second kappa shape index (κ2) is 9.29. The molecule has 0 spiro atoms. The minimum Gasteiger partial charge on any atom is -0.497 e. The Balaban J connectivity index is 1.52. The highest BCUT2D eigenvalue weighted by Crippen LogP contribution is 2.41. The van der Waals surface area contributed by atoms with E-state index < -0.39 is 11.9 Å². The Morgan fingerprint density at radius 2 is 1.82 bits per heavy atom. The lowest BCUT2D eigenvalue weighted by molar-refractivity contribution is -0.140. The van der Waals surface area contributed by atoms with E-state index >= 15 is 0 Å². The number of aromatic nitrogens is 5. The molecule has 0 saturated carbocycles. The summed E-state index contributed by atoms with van der Waals surface area (Å²) in [6.45, 7) is 2.52. The molecule has 1 amide bonds. The Bertz CT molecular complexity index is 1780. The maximum Gasteiger partial charge on any atom is 0.435 e. The van der Waals surface area contributed by atoms with Crippen molar-refractivity contribution in [1.29, 1.82) is 0 Å². The normalized spacial score (nSPS) is 13.8. The van der Waals surface area contributed by atoms with Crippen LogP contribution in [-0.4, -0.2) is 43.5 Å². The van der Waals surface area contributed by atoms with E-state index in [1.54, 1.807) is 36.5 Å². The van der Waals surface area contributed by atoms with Crippen LogP contribution in [0.4, 0.5) is 18.9 Å². The summed E-state index contributed by atoms with van der Waals surface area (Å²) in [5.74, 6) is 1.16. The van der Waals surface area contributed by atoms with Crippen LogP contribution in [0.3, 0.4) is 0 Å². The van der Waals surface area contributed by atoms with Crippen LogP contribution in [0.25, 0.3) is 22.0 Å². The minimum absolute atomic E-state index is 0.0356. The molecule has 3 aromatic heterocycles. The predicted octanol–water partition coefficient (Wildman–Crippen LogP) is 5.36. The van der Waals surface area contributed by atoms with Crippen molar-refractivity contribution >= 4 is 22.5 Å². The van der Waals surface area contributed by atoms with Crippen molar-refractivity contribution in [2.45, 2.75) is 26.1 Å². The van der Waals surface area contributed by atoms with Crippen LogP contribution in [-0.2, 0) is 33.2 Å². The topological polar surface area (TPSA) is 70.1 Å². The van der Waals surface area contributed by atoms with Gasteiger partial charge in [0.05, 0.1) is 18.3 Å². The number of hydrogen-bond donors (Lipinski definition) is 0. The smallest absolute Gasteiger partial charge is 0.435 e. The number of fused-ring (bicyclic) bond motifs is 2. The number of ether oxygens (including phenoxy) is 1. The molecule has 0 radical (unpaired) electrons. The van der Waals surface area contributed by atoms with E-state index in [1.807, 2.05) is 47.5 Å². The standard InChI is InChI=1S/C29H27F3N6O2/c1-17-33-8-10-37(17)14-18-11-21(24-15-36(3)34-27(24)29(30,31)32)20-7-9-38(28(39)22(20)12-18)26-16-35(2)25-6-5-19(40-4)13-23(25)26/h5-6,8,10-13,15-16H,7,9,14H2,1-4H3. The van der Waals surface area contributed by atoms with Crippen molar-refractivity contribution in [1.82, 2.24) is 23.9 Å². The summed E-state index contributed by atoms with van der Waals surface area (Å²) >= 11 is 0. The van der Waals surface area contributed by atoms with Crippen molar-refractivity contribution in [2.24, 2.45) is 14.1 Å². The SMILES string of the molecule is COc1ccc2c(c1)c(N1CCc3c(cc(Cn4ccnc4C)cc3-c3cn(C)nc3C(F)(F)F)C1=O)cn2C. The molecule has 8 nitrogen and oxygen atoms in total. The average Bonchev–Trinajstić information content (AvgIpc) is 3.60. The van der Waals surface area contributed by atoms with Gasteiger partial charge in [0.2, 0.25) is 0 Å². The van der Waals surface area contributed by atoms with Crippen LogP contribution < -0.4 is 9.64 Å². The molecule has 2 aromatic carbocycles. The molecule has 0 fully saturated rings. The maximum absolute atomic E-state index is 14.1. The molecule has 0 atom stereocenters. The third kappa shape index (κ3) is 4.21. The summed E-state index contributed by atoms with van der Waals surface area (Å²) in [5.41, 5.74) is 2.69. The molecule has 11 heteroatoms. The third-order valence-corrected chi connectivity index (χ3v) is 7.50. The van der Waals surface area contributed by atoms with Gasteiger partial charge in [0.15, 0.2) is 5.69 Å². The number of alkyl halides is 3. The van der Waals surface area contributed by atoms with Gasteiger partial charge in [0, 0.05) is 68.5 Å². The zero-order chi connectivity index (χ0) is 28.3. The van der Waals surface area contributed by atoms with E-state index in [2.05, 4.69) is 10.1 Å². The van der Waals surface area contributed by atoms with E-state index in [-0.39, 0.29) is 11.5 Å². The summed E-state index contributed by atoms with van der Waals surface area (Å²) in [5, 5.41) is 4.59. The minimum atomic E-state index is -4.65. The molecule has 0 saturated heterocycles. The van der Waals surface area contributed by atoms with Crippen LogP contribution in [0.1, 0.15) is 33.0 Å². The van der Waals surface area contributed by atoms with E-state index in [9.17, 15) is 18.0 Å². The molecule has 0 N–H and O–H groups in total. The maximum atomic E-state index is 14.1. The summed E-state index contributed by atoms with van der Waals surface area (Å²) in [6, 6.07) is 9.23. The van der Waals surface area contributed by atoms with Gasteiger partial charge < -0.3 is 18.8 Å². The van der Waals surface area contributed by atoms with Crippen LogP contribution in [0, 0.1) is 6.92 Å². The fourth-order valence-corrected chi connectivity index (χ4v) is 5.58. The number of halogens is 3. The van der Waals surface area contributed by atoms with E-state index in [4.69, 9.17) is 4.74 Å². The Hall–Kier alpha value is -4.54. The number of amides is 1. The van der Waals surface area contributed by atoms with Gasteiger partial charge in [0.25, 0.3) is 5.91 Å². The number of rotatable bonds is 5. The molecule has 0 bridgehead atoms. The Morgan fingerprint density at radius 3 is 2.52 bits per heavy atom.